The molecule has 0 spiro atoms. The highest BCUT2D eigenvalue weighted by Gasteiger charge is 2.17. The van der Waals surface area contributed by atoms with Crippen LogP contribution < -0.4 is 0 Å². The number of aliphatic hydroxyl groups is 1. The van der Waals surface area contributed by atoms with Crippen molar-refractivity contribution in [2.45, 2.75) is 37.7 Å². The molecule has 0 aliphatic carbocycles. The van der Waals surface area contributed by atoms with E-state index < -0.39 is 0 Å². The molecule has 0 aliphatic heterocycles. The van der Waals surface area contributed by atoms with Gasteiger partial charge in [-0.15, -0.1) is 11.8 Å². The molecular weight excluding hydrogens is 204 g/mol. The average Bonchev–Trinajstić information content (AvgIpc) is 2.30. The van der Waals surface area contributed by atoms with E-state index in [0.29, 0.717) is 5.92 Å². The van der Waals surface area contributed by atoms with Crippen molar-refractivity contribution < 1.29 is 5.11 Å². The molecule has 0 fully saturated rings. The van der Waals surface area contributed by atoms with Crippen LogP contribution in [-0.4, -0.2) is 11.4 Å². The van der Waals surface area contributed by atoms with Crippen molar-refractivity contribution >= 4 is 11.8 Å². The predicted molar refractivity (Wildman–Crippen MR) is 67.3 cm³/mol. The highest BCUT2D eigenvalue weighted by molar-refractivity contribution is 7.98. The Balaban J connectivity index is 2.84. The van der Waals surface area contributed by atoms with E-state index in [1.807, 2.05) is 12.1 Å². The molecular formula is C13H20OS. The Labute approximate surface area is 96.9 Å². The minimum Gasteiger partial charge on any atom is -0.388 e. The first-order chi connectivity index (χ1) is 7.22. The minimum absolute atomic E-state index is 0.313. The summed E-state index contributed by atoms with van der Waals surface area (Å²) < 4.78 is 0. The lowest BCUT2D eigenvalue weighted by molar-refractivity contribution is 0.103. The number of hydrogen-bond donors (Lipinski definition) is 1. The van der Waals surface area contributed by atoms with Gasteiger partial charge in [-0.25, -0.2) is 0 Å². The molecule has 1 N–H and O–H groups in total. The largest absolute Gasteiger partial charge is 0.388 e. The topological polar surface area (TPSA) is 20.2 Å². The number of benzene rings is 1. The first-order valence-electron chi connectivity index (χ1n) is 5.54. The summed E-state index contributed by atoms with van der Waals surface area (Å²) in [5.41, 5.74) is 1.05. The molecule has 0 radical (unpaired) electrons. The van der Waals surface area contributed by atoms with Crippen LogP contribution in [0.2, 0.25) is 0 Å². The Hall–Kier alpha value is -0.470. The fourth-order valence-electron chi connectivity index (χ4n) is 1.83. The van der Waals surface area contributed by atoms with E-state index in [1.54, 1.807) is 11.8 Å². The van der Waals surface area contributed by atoms with Gasteiger partial charge in [0, 0.05) is 4.90 Å². The van der Waals surface area contributed by atoms with Crippen LogP contribution in [0.5, 0.6) is 0 Å². The van der Waals surface area contributed by atoms with E-state index in [0.717, 1.165) is 18.4 Å². The number of hydrogen-bond acceptors (Lipinski definition) is 2. The fraction of sp³-hybridized carbons (Fsp3) is 0.538. The van der Waals surface area contributed by atoms with Gasteiger partial charge in [0.1, 0.15) is 0 Å². The summed E-state index contributed by atoms with van der Waals surface area (Å²) in [6.45, 7) is 4.27. The first kappa shape index (κ1) is 12.6. The highest BCUT2D eigenvalue weighted by atomic mass is 32.2. The van der Waals surface area contributed by atoms with Gasteiger partial charge in [0.05, 0.1) is 6.10 Å². The van der Waals surface area contributed by atoms with Crippen LogP contribution in [-0.2, 0) is 0 Å². The van der Waals surface area contributed by atoms with E-state index in [2.05, 4.69) is 32.2 Å². The van der Waals surface area contributed by atoms with Gasteiger partial charge in [-0.3, -0.25) is 0 Å². The minimum atomic E-state index is -0.313. The zero-order valence-corrected chi connectivity index (χ0v) is 10.6. The zero-order valence-electron chi connectivity index (χ0n) is 9.73. The Morgan fingerprint density at radius 1 is 1.27 bits per heavy atom. The summed E-state index contributed by atoms with van der Waals surface area (Å²) >= 11 is 1.72. The second-order valence-corrected chi connectivity index (χ2v) is 4.68. The van der Waals surface area contributed by atoms with Crippen LogP contribution in [0.4, 0.5) is 0 Å². The lowest BCUT2D eigenvalue weighted by atomic mass is 9.91. The average molecular weight is 224 g/mol. The molecule has 1 aromatic carbocycles. The molecule has 15 heavy (non-hydrogen) atoms. The van der Waals surface area contributed by atoms with Gasteiger partial charge in [0.15, 0.2) is 0 Å². The second-order valence-electron chi connectivity index (χ2n) is 3.80. The molecule has 1 unspecified atom stereocenters. The molecule has 0 heterocycles. The molecule has 1 atom stereocenters. The number of rotatable bonds is 5. The Morgan fingerprint density at radius 2 is 1.93 bits per heavy atom. The van der Waals surface area contributed by atoms with Crippen LogP contribution in [0.15, 0.2) is 29.2 Å². The normalized spacial score (nSPS) is 13.1. The zero-order chi connectivity index (χ0) is 11.3. The van der Waals surface area contributed by atoms with Crippen molar-refractivity contribution in [1.29, 1.82) is 0 Å². The third kappa shape index (κ3) is 3.25. The molecule has 1 nitrogen and oxygen atoms in total. The standard InChI is InChI=1S/C13H20OS/c1-4-10(5-2)13(14)11-7-6-8-12(9-11)15-3/h6-10,13-14H,4-5H2,1-3H3. The predicted octanol–water partition coefficient (Wildman–Crippen LogP) is 3.88. The summed E-state index contributed by atoms with van der Waals surface area (Å²) in [6.07, 6.45) is 3.80. The fourth-order valence-corrected chi connectivity index (χ4v) is 2.30. The third-order valence-electron chi connectivity index (χ3n) is 2.93. The van der Waals surface area contributed by atoms with Crippen LogP contribution in [0.25, 0.3) is 0 Å². The van der Waals surface area contributed by atoms with Gasteiger partial charge in [-0.2, -0.15) is 0 Å². The van der Waals surface area contributed by atoms with Gasteiger partial charge >= 0.3 is 0 Å². The number of thioether (sulfide) groups is 1. The van der Waals surface area contributed by atoms with Crippen molar-refractivity contribution in [2.75, 3.05) is 6.26 Å². The molecule has 1 rings (SSSR count). The van der Waals surface area contributed by atoms with Crippen LogP contribution >= 0.6 is 11.8 Å². The monoisotopic (exact) mass is 224 g/mol. The van der Waals surface area contributed by atoms with Gasteiger partial charge in [0.2, 0.25) is 0 Å². The Kier molecular flexibility index (Phi) is 5.20. The van der Waals surface area contributed by atoms with E-state index in [1.165, 1.54) is 4.90 Å². The Morgan fingerprint density at radius 3 is 2.47 bits per heavy atom. The quantitative estimate of drug-likeness (QED) is 0.766. The second kappa shape index (κ2) is 6.19. The molecule has 0 saturated carbocycles. The summed E-state index contributed by atoms with van der Waals surface area (Å²) in [4.78, 5) is 1.22. The van der Waals surface area contributed by atoms with Crippen LogP contribution in [0.3, 0.4) is 0 Å². The van der Waals surface area contributed by atoms with Gasteiger partial charge in [-0.1, -0.05) is 38.8 Å². The van der Waals surface area contributed by atoms with Crippen molar-refractivity contribution in [3.05, 3.63) is 29.8 Å². The Bertz CT molecular complexity index is 294. The van der Waals surface area contributed by atoms with E-state index in [9.17, 15) is 5.11 Å². The highest BCUT2D eigenvalue weighted by Crippen LogP contribution is 2.29. The molecule has 1 aromatic rings. The van der Waals surface area contributed by atoms with E-state index in [4.69, 9.17) is 0 Å². The van der Waals surface area contributed by atoms with Crippen molar-refractivity contribution in [3.63, 3.8) is 0 Å². The lowest BCUT2D eigenvalue weighted by Gasteiger charge is -2.20. The lowest BCUT2D eigenvalue weighted by Crippen LogP contribution is -2.10. The summed E-state index contributed by atoms with van der Waals surface area (Å²) in [7, 11) is 0. The maximum absolute atomic E-state index is 10.2. The molecule has 0 bridgehead atoms. The first-order valence-corrected chi connectivity index (χ1v) is 6.77. The summed E-state index contributed by atoms with van der Waals surface area (Å²) in [6, 6.07) is 8.21. The SMILES string of the molecule is CCC(CC)C(O)c1cccc(SC)c1. The summed E-state index contributed by atoms with van der Waals surface area (Å²) in [5.74, 6) is 0.377. The van der Waals surface area contributed by atoms with Gasteiger partial charge in [-0.05, 0) is 29.9 Å². The van der Waals surface area contributed by atoms with Gasteiger partial charge < -0.3 is 5.11 Å². The summed E-state index contributed by atoms with van der Waals surface area (Å²) in [5, 5.41) is 10.2. The molecule has 0 aromatic heterocycles. The molecule has 84 valence electrons. The molecule has 0 amide bonds. The third-order valence-corrected chi connectivity index (χ3v) is 3.66. The molecule has 2 heteroatoms. The molecule has 0 aliphatic rings. The van der Waals surface area contributed by atoms with E-state index in [-0.39, 0.29) is 6.10 Å². The van der Waals surface area contributed by atoms with Crippen LogP contribution in [0, 0.1) is 5.92 Å². The van der Waals surface area contributed by atoms with Crippen molar-refractivity contribution in [2.24, 2.45) is 5.92 Å². The van der Waals surface area contributed by atoms with Crippen molar-refractivity contribution in [1.82, 2.24) is 0 Å². The van der Waals surface area contributed by atoms with Crippen molar-refractivity contribution in [3.8, 4) is 0 Å². The molecule has 0 saturated heterocycles. The maximum atomic E-state index is 10.2. The smallest absolute Gasteiger partial charge is 0.0818 e. The van der Waals surface area contributed by atoms with Gasteiger partial charge in [0.25, 0.3) is 0 Å². The van der Waals surface area contributed by atoms with Crippen LogP contribution in [0.1, 0.15) is 38.4 Å². The number of aliphatic hydroxyl groups excluding tert-OH is 1. The van der Waals surface area contributed by atoms with E-state index >= 15 is 0 Å². The maximum Gasteiger partial charge on any atom is 0.0818 e.